The Hall–Kier alpha value is -3.06. The number of hydrazine groups is 1. The first kappa shape index (κ1) is 24.6. The highest BCUT2D eigenvalue weighted by Crippen LogP contribution is 2.30. The molecule has 9 nitrogen and oxygen atoms in total. The van der Waals surface area contributed by atoms with E-state index >= 15 is 0 Å². The topological polar surface area (TPSA) is 118 Å². The van der Waals surface area contributed by atoms with E-state index in [4.69, 9.17) is 9.15 Å². The lowest BCUT2D eigenvalue weighted by molar-refractivity contribution is -0.137. The summed E-state index contributed by atoms with van der Waals surface area (Å²) in [5.41, 5.74) is 4.03. The van der Waals surface area contributed by atoms with E-state index in [-0.39, 0.29) is 44.0 Å². The van der Waals surface area contributed by atoms with E-state index in [9.17, 15) is 31.2 Å². The van der Waals surface area contributed by atoms with E-state index in [1.807, 2.05) is 0 Å². The molecule has 1 saturated heterocycles. The Morgan fingerprint density at radius 1 is 1.18 bits per heavy atom. The number of carbonyl (C=O) groups excluding carboxylic acids is 2. The van der Waals surface area contributed by atoms with Crippen LogP contribution < -0.4 is 10.9 Å². The molecule has 1 aromatic carbocycles. The van der Waals surface area contributed by atoms with Crippen LogP contribution in [0.2, 0.25) is 0 Å². The number of anilines is 1. The van der Waals surface area contributed by atoms with Gasteiger partial charge in [0.25, 0.3) is 10.0 Å². The third kappa shape index (κ3) is 5.85. The Bertz CT molecular complexity index is 1110. The first-order valence-corrected chi connectivity index (χ1v) is 11.5. The van der Waals surface area contributed by atoms with Gasteiger partial charge in [-0.3, -0.25) is 15.6 Å². The highest BCUT2D eigenvalue weighted by atomic mass is 32.2. The van der Waals surface area contributed by atoms with Gasteiger partial charge in [0.2, 0.25) is 16.8 Å². The molecule has 0 atom stereocenters. The van der Waals surface area contributed by atoms with Gasteiger partial charge in [-0.15, -0.1) is 0 Å². The van der Waals surface area contributed by atoms with Crippen molar-refractivity contribution in [1.82, 2.24) is 9.73 Å². The lowest BCUT2D eigenvalue weighted by atomic mass is 9.98. The SMILES string of the molecule is CCOC(=O)c1ccc(S(=O)(=O)N2CCC(C(=O)NNc3cccc(C(F)(F)F)c3)CC2)o1. The van der Waals surface area contributed by atoms with Gasteiger partial charge in [-0.2, -0.15) is 17.5 Å². The average Bonchev–Trinajstić information content (AvgIpc) is 3.29. The number of piperidine rings is 1. The average molecular weight is 489 g/mol. The third-order valence-electron chi connectivity index (χ3n) is 5.00. The summed E-state index contributed by atoms with van der Waals surface area (Å²) < 4.78 is 74.9. The Kier molecular flexibility index (Phi) is 7.32. The molecule has 0 bridgehead atoms. The number of nitrogens with zero attached hydrogens (tertiary/aromatic N) is 1. The van der Waals surface area contributed by atoms with Crippen LogP contribution in [-0.2, 0) is 25.7 Å². The van der Waals surface area contributed by atoms with Crippen molar-refractivity contribution in [2.24, 2.45) is 5.92 Å². The number of nitrogens with one attached hydrogen (secondary N) is 2. The minimum absolute atomic E-state index is 0.0272. The molecule has 1 amide bonds. The third-order valence-corrected chi connectivity index (χ3v) is 6.77. The van der Waals surface area contributed by atoms with Crippen molar-refractivity contribution in [3.63, 3.8) is 0 Å². The molecule has 0 saturated carbocycles. The van der Waals surface area contributed by atoms with Crippen LogP contribution in [0.15, 0.2) is 45.9 Å². The molecule has 0 aliphatic carbocycles. The van der Waals surface area contributed by atoms with Crippen molar-refractivity contribution in [3.05, 3.63) is 47.7 Å². The minimum Gasteiger partial charge on any atom is -0.460 e. The first-order valence-electron chi connectivity index (χ1n) is 10.0. The van der Waals surface area contributed by atoms with Crippen molar-refractivity contribution in [3.8, 4) is 0 Å². The Morgan fingerprint density at radius 2 is 1.88 bits per heavy atom. The van der Waals surface area contributed by atoms with Crippen LogP contribution in [0.25, 0.3) is 0 Å². The number of furan rings is 1. The molecule has 2 N–H and O–H groups in total. The van der Waals surface area contributed by atoms with Gasteiger partial charge in [-0.25, -0.2) is 13.2 Å². The van der Waals surface area contributed by atoms with Gasteiger partial charge >= 0.3 is 12.1 Å². The fourth-order valence-electron chi connectivity index (χ4n) is 3.27. The molecule has 0 spiro atoms. The number of sulfonamides is 1. The number of amides is 1. The summed E-state index contributed by atoms with van der Waals surface area (Å²) in [6, 6.07) is 6.74. The lowest BCUT2D eigenvalue weighted by Crippen LogP contribution is -2.44. The van der Waals surface area contributed by atoms with Gasteiger partial charge in [-0.05, 0) is 50.1 Å². The van der Waals surface area contributed by atoms with Gasteiger partial charge in [-0.1, -0.05) is 6.07 Å². The molecular weight excluding hydrogens is 467 g/mol. The minimum atomic E-state index is -4.51. The predicted octanol–water partition coefficient (Wildman–Crippen LogP) is 3.02. The number of halogens is 3. The van der Waals surface area contributed by atoms with E-state index in [2.05, 4.69) is 10.9 Å². The molecule has 1 aliphatic rings. The highest BCUT2D eigenvalue weighted by molar-refractivity contribution is 7.89. The second kappa shape index (κ2) is 9.83. The molecule has 1 aliphatic heterocycles. The van der Waals surface area contributed by atoms with Crippen LogP contribution >= 0.6 is 0 Å². The van der Waals surface area contributed by atoms with Crippen molar-refractivity contribution in [1.29, 1.82) is 0 Å². The molecule has 3 rings (SSSR count). The summed E-state index contributed by atoms with van der Waals surface area (Å²) in [5.74, 6) is -2.01. The summed E-state index contributed by atoms with van der Waals surface area (Å²) in [7, 11) is -4.01. The maximum atomic E-state index is 12.8. The summed E-state index contributed by atoms with van der Waals surface area (Å²) >= 11 is 0. The summed E-state index contributed by atoms with van der Waals surface area (Å²) in [4.78, 5) is 24.1. The number of rotatable bonds is 7. The molecule has 0 unspecified atom stereocenters. The molecule has 2 aromatic rings. The molecule has 2 heterocycles. The quantitative estimate of drug-likeness (QED) is 0.453. The molecule has 180 valence electrons. The number of hydrogen-bond donors (Lipinski definition) is 2. The van der Waals surface area contributed by atoms with Crippen LogP contribution in [0.3, 0.4) is 0 Å². The highest BCUT2D eigenvalue weighted by Gasteiger charge is 2.34. The number of carbonyl (C=O) groups is 2. The van der Waals surface area contributed by atoms with E-state index in [0.29, 0.717) is 0 Å². The van der Waals surface area contributed by atoms with Gasteiger partial charge in [0.05, 0.1) is 17.9 Å². The van der Waals surface area contributed by atoms with Gasteiger partial charge < -0.3 is 9.15 Å². The van der Waals surface area contributed by atoms with Crippen molar-refractivity contribution >= 4 is 27.6 Å². The van der Waals surface area contributed by atoms with E-state index in [1.165, 1.54) is 24.3 Å². The normalized spacial score (nSPS) is 15.8. The van der Waals surface area contributed by atoms with Crippen molar-refractivity contribution < 1.29 is 40.3 Å². The Labute approximate surface area is 187 Å². The first-order chi connectivity index (χ1) is 15.5. The van der Waals surface area contributed by atoms with E-state index in [0.717, 1.165) is 16.4 Å². The zero-order chi connectivity index (χ0) is 24.2. The summed E-state index contributed by atoms with van der Waals surface area (Å²) in [5, 5.41) is -0.403. The zero-order valence-corrected chi connectivity index (χ0v) is 18.3. The maximum Gasteiger partial charge on any atom is 0.416 e. The standard InChI is InChI=1S/C20H22F3N3O6S/c1-2-31-19(28)16-6-7-17(32-16)33(29,30)26-10-8-13(9-11-26)18(27)25-24-15-5-3-4-14(12-15)20(21,22)23/h3-7,12-13,24H,2,8-11H2,1H3,(H,25,27). The van der Waals surface area contributed by atoms with Crippen LogP contribution in [0.5, 0.6) is 0 Å². The number of ether oxygens (including phenoxy) is 1. The van der Waals surface area contributed by atoms with Crippen LogP contribution in [-0.4, -0.2) is 44.3 Å². The second-order valence-electron chi connectivity index (χ2n) is 7.21. The number of alkyl halides is 3. The maximum absolute atomic E-state index is 12.8. The van der Waals surface area contributed by atoms with Crippen LogP contribution in [0.1, 0.15) is 35.9 Å². The predicted molar refractivity (Wildman–Crippen MR) is 109 cm³/mol. The van der Waals surface area contributed by atoms with E-state index in [1.54, 1.807) is 6.92 Å². The molecule has 13 heteroatoms. The second-order valence-corrected chi connectivity index (χ2v) is 9.08. The van der Waals surface area contributed by atoms with Crippen LogP contribution in [0, 0.1) is 5.92 Å². The number of esters is 1. The smallest absolute Gasteiger partial charge is 0.416 e. The fourth-order valence-corrected chi connectivity index (χ4v) is 4.65. The largest absolute Gasteiger partial charge is 0.460 e. The van der Waals surface area contributed by atoms with Gasteiger partial charge in [0, 0.05) is 19.0 Å². The molecular formula is C20H22F3N3O6S. The molecule has 1 aromatic heterocycles. The lowest BCUT2D eigenvalue weighted by Gasteiger charge is -2.29. The van der Waals surface area contributed by atoms with Crippen molar-refractivity contribution in [2.45, 2.75) is 31.0 Å². The summed E-state index contributed by atoms with van der Waals surface area (Å²) in [6.07, 6.45) is -4.12. The monoisotopic (exact) mass is 489 g/mol. The van der Waals surface area contributed by atoms with Gasteiger partial charge in [0.15, 0.2) is 0 Å². The zero-order valence-electron chi connectivity index (χ0n) is 17.5. The number of hydrogen-bond acceptors (Lipinski definition) is 7. The van der Waals surface area contributed by atoms with Gasteiger partial charge in [0.1, 0.15) is 0 Å². The van der Waals surface area contributed by atoms with Crippen molar-refractivity contribution in [2.75, 3.05) is 25.1 Å². The fraction of sp³-hybridized carbons (Fsp3) is 0.400. The Morgan fingerprint density at radius 3 is 2.52 bits per heavy atom. The number of benzene rings is 1. The molecule has 1 fully saturated rings. The molecule has 0 radical (unpaired) electrons. The summed E-state index contributed by atoms with van der Waals surface area (Å²) in [6.45, 7) is 1.77. The molecule has 33 heavy (non-hydrogen) atoms. The van der Waals surface area contributed by atoms with Crippen LogP contribution in [0.4, 0.5) is 18.9 Å². The van der Waals surface area contributed by atoms with E-state index < -0.39 is 44.6 Å². The Balaban J connectivity index is 1.55.